The van der Waals surface area contributed by atoms with E-state index >= 15 is 0 Å². The molecular weight excluding hydrogens is 343 g/mol. The monoisotopic (exact) mass is 355 g/mol. The van der Waals surface area contributed by atoms with Crippen LogP contribution in [0, 0.1) is 5.92 Å². The fourth-order valence-electron chi connectivity index (χ4n) is 2.20. The fourth-order valence-corrected chi connectivity index (χ4v) is 2.20. The van der Waals surface area contributed by atoms with E-state index in [0.29, 0.717) is 6.20 Å². The zero-order chi connectivity index (χ0) is 18.2. The van der Waals surface area contributed by atoms with Crippen LogP contribution in [0.4, 0.5) is 13.2 Å². The largest absolute Gasteiger partial charge is 0.480 e. The van der Waals surface area contributed by atoms with Crippen LogP contribution in [-0.2, 0) is 11.0 Å². The third kappa shape index (κ3) is 3.75. The summed E-state index contributed by atoms with van der Waals surface area (Å²) in [6.45, 7) is 0. The second kappa shape index (κ2) is 6.15. The molecule has 0 aliphatic heterocycles. The van der Waals surface area contributed by atoms with Crippen LogP contribution in [0.3, 0.4) is 0 Å². The topological polar surface area (TPSA) is 110 Å². The number of aromatic nitrogens is 4. The first kappa shape index (κ1) is 16.9. The molecule has 2 aromatic heterocycles. The van der Waals surface area contributed by atoms with Crippen LogP contribution in [0.25, 0.3) is 5.82 Å². The SMILES string of the molecule is O=C(NC(C(=O)O)C1CC1)c1cn(-c2ccc(C(F)(F)F)cn2)nn1. The molecule has 25 heavy (non-hydrogen) atoms. The molecule has 1 aliphatic rings. The molecule has 1 aliphatic carbocycles. The van der Waals surface area contributed by atoms with Crippen molar-refractivity contribution < 1.29 is 27.9 Å². The van der Waals surface area contributed by atoms with Gasteiger partial charge in [-0.05, 0) is 30.9 Å². The second-order valence-corrected chi connectivity index (χ2v) is 5.58. The molecule has 2 aromatic rings. The van der Waals surface area contributed by atoms with Crippen molar-refractivity contribution in [3.63, 3.8) is 0 Å². The van der Waals surface area contributed by atoms with E-state index in [2.05, 4.69) is 20.6 Å². The summed E-state index contributed by atoms with van der Waals surface area (Å²) >= 11 is 0. The predicted octanol–water partition coefficient (Wildman–Crippen LogP) is 1.27. The summed E-state index contributed by atoms with van der Waals surface area (Å²) < 4.78 is 38.6. The van der Waals surface area contributed by atoms with Crippen molar-refractivity contribution >= 4 is 11.9 Å². The van der Waals surface area contributed by atoms with Crippen molar-refractivity contribution in [3.05, 3.63) is 35.8 Å². The summed E-state index contributed by atoms with van der Waals surface area (Å²) in [5, 5.41) is 18.7. The lowest BCUT2D eigenvalue weighted by Crippen LogP contribution is -2.42. The lowest BCUT2D eigenvalue weighted by Gasteiger charge is -2.11. The van der Waals surface area contributed by atoms with Crippen molar-refractivity contribution in [2.75, 3.05) is 0 Å². The van der Waals surface area contributed by atoms with Gasteiger partial charge < -0.3 is 10.4 Å². The number of nitrogens with one attached hydrogen (secondary N) is 1. The maximum absolute atomic E-state index is 12.5. The number of halogens is 3. The molecule has 2 heterocycles. The van der Waals surface area contributed by atoms with Gasteiger partial charge in [0.1, 0.15) is 6.04 Å². The molecule has 3 rings (SSSR count). The van der Waals surface area contributed by atoms with E-state index in [9.17, 15) is 22.8 Å². The highest BCUT2D eigenvalue weighted by atomic mass is 19.4. The Morgan fingerprint density at radius 1 is 1.32 bits per heavy atom. The number of alkyl halides is 3. The molecule has 132 valence electrons. The van der Waals surface area contributed by atoms with Gasteiger partial charge in [-0.3, -0.25) is 4.79 Å². The molecule has 1 fully saturated rings. The number of carboxylic acids is 1. The van der Waals surface area contributed by atoms with Crippen molar-refractivity contribution in [2.45, 2.75) is 25.1 Å². The van der Waals surface area contributed by atoms with Crippen LogP contribution in [0.5, 0.6) is 0 Å². The van der Waals surface area contributed by atoms with Gasteiger partial charge in [-0.1, -0.05) is 5.21 Å². The van der Waals surface area contributed by atoms with Crippen LogP contribution in [-0.4, -0.2) is 43.0 Å². The van der Waals surface area contributed by atoms with Crippen LogP contribution < -0.4 is 5.32 Å². The molecule has 1 unspecified atom stereocenters. The molecule has 1 amide bonds. The number of amides is 1. The normalized spacial score (nSPS) is 15.6. The number of carboxylic acid groups (broad SMARTS) is 1. The van der Waals surface area contributed by atoms with E-state index < -0.39 is 29.7 Å². The molecule has 1 saturated carbocycles. The van der Waals surface area contributed by atoms with Gasteiger partial charge in [0, 0.05) is 6.20 Å². The van der Waals surface area contributed by atoms with E-state index in [-0.39, 0.29) is 17.4 Å². The molecule has 11 heteroatoms. The van der Waals surface area contributed by atoms with E-state index in [1.165, 1.54) is 0 Å². The minimum Gasteiger partial charge on any atom is -0.480 e. The molecule has 2 N–H and O–H groups in total. The smallest absolute Gasteiger partial charge is 0.417 e. The summed E-state index contributed by atoms with van der Waals surface area (Å²) in [5.74, 6) is -1.92. The lowest BCUT2D eigenvalue weighted by atomic mass is 10.2. The van der Waals surface area contributed by atoms with Gasteiger partial charge in [0.2, 0.25) is 0 Å². The average molecular weight is 355 g/mol. The Kier molecular flexibility index (Phi) is 4.15. The standard InChI is InChI=1S/C14H12F3N5O3/c15-14(16,17)8-3-4-10(18-5-8)22-6-9(20-21-22)12(23)19-11(13(24)25)7-1-2-7/h3-7,11H,1-2H2,(H,19,23)(H,24,25). The number of nitrogens with zero attached hydrogens (tertiary/aromatic N) is 4. The highest BCUT2D eigenvalue weighted by Crippen LogP contribution is 2.33. The highest BCUT2D eigenvalue weighted by Gasteiger charge is 2.37. The number of aliphatic carboxylic acids is 1. The molecule has 8 nitrogen and oxygen atoms in total. The number of hydrogen-bond donors (Lipinski definition) is 2. The van der Waals surface area contributed by atoms with Crippen molar-refractivity contribution in [1.82, 2.24) is 25.3 Å². The first-order valence-electron chi connectivity index (χ1n) is 7.25. The zero-order valence-electron chi connectivity index (χ0n) is 12.6. The molecule has 0 bridgehead atoms. The van der Waals surface area contributed by atoms with Gasteiger partial charge in [0.15, 0.2) is 11.5 Å². The summed E-state index contributed by atoms with van der Waals surface area (Å²) in [5.41, 5.74) is -1.07. The third-order valence-electron chi connectivity index (χ3n) is 3.68. The average Bonchev–Trinajstić information content (AvgIpc) is 3.26. The summed E-state index contributed by atoms with van der Waals surface area (Å²) in [6, 6.07) is 0.919. The number of carbonyl (C=O) groups is 2. The molecule has 0 spiro atoms. The highest BCUT2D eigenvalue weighted by molar-refractivity contribution is 5.94. The van der Waals surface area contributed by atoms with E-state index in [4.69, 9.17) is 5.11 Å². The summed E-state index contributed by atoms with van der Waals surface area (Å²) in [6.07, 6.45) is -1.26. The van der Waals surface area contributed by atoms with Crippen molar-refractivity contribution in [3.8, 4) is 5.82 Å². The molecule has 0 saturated heterocycles. The van der Waals surface area contributed by atoms with Gasteiger partial charge in [0.05, 0.1) is 11.8 Å². The molecular formula is C14H12F3N5O3. The Morgan fingerprint density at radius 3 is 2.56 bits per heavy atom. The quantitative estimate of drug-likeness (QED) is 0.836. The number of carbonyl (C=O) groups excluding carboxylic acids is 1. The minimum atomic E-state index is -4.51. The fraction of sp³-hybridized carbons (Fsp3) is 0.357. The van der Waals surface area contributed by atoms with Crippen LogP contribution in [0.15, 0.2) is 24.5 Å². The zero-order valence-corrected chi connectivity index (χ0v) is 12.6. The van der Waals surface area contributed by atoms with Crippen molar-refractivity contribution in [1.29, 1.82) is 0 Å². The van der Waals surface area contributed by atoms with Crippen LogP contribution >= 0.6 is 0 Å². The Bertz CT molecular complexity index is 799. The van der Waals surface area contributed by atoms with Gasteiger partial charge in [-0.25, -0.2) is 14.5 Å². The number of pyridine rings is 1. The lowest BCUT2D eigenvalue weighted by molar-refractivity contribution is -0.140. The van der Waals surface area contributed by atoms with Crippen molar-refractivity contribution in [2.24, 2.45) is 5.92 Å². The van der Waals surface area contributed by atoms with E-state index in [1.54, 1.807) is 0 Å². The Labute approximate surface area is 138 Å². The first-order valence-corrected chi connectivity index (χ1v) is 7.25. The summed E-state index contributed by atoms with van der Waals surface area (Å²) in [4.78, 5) is 26.8. The number of hydrogen-bond acceptors (Lipinski definition) is 5. The minimum absolute atomic E-state index is 0.0385. The van der Waals surface area contributed by atoms with Gasteiger partial charge in [0.25, 0.3) is 5.91 Å². The van der Waals surface area contributed by atoms with Gasteiger partial charge in [-0.15, -0.1) is 5.10 Å². The first-order chi connectivity index (χ1) is 11.8. The van der Waals surface area contributed by atoms with Gasteiger partial charge in [-0.2, -0.15) is 13.2 Å². The van der Waals surface area contributed by atoms with Crippen LogP contribution in [0.2, 0.25) is 0 Å². The molecule has 0 aromatic carbocycles. The second-order valence-electron chi connectivity index (χ2n) is 5.58. The Hall–Kier alpha value is -2.98. The molecule has 0 radical (unpaired) electrons. The Balaban J connectivity index is 1.73. The van der Waals surface area contributed by atoms with E-state index in [1.807, 2.05) is 0 Å². The predicted molar refractivity (Wildman–Crippen MR) is 75.8 cm³/mol. The Morgan fingerprint density at radius 2 is 2.04 bits per heavy atom. The van der Waals surface area contributed by atoms with E-state index in [0.717, 1.165) is 35.9 Å². The number of rotatable bonds is 5. The third-order valence-corrected chi connectivity index (χ3v) is 3.68. The summed E-state index contributed by atoms with van der Waals surface area (Å²) in [7, 11) is 0. The van der Waals surface area contributed by atoms with Crippen LogP contribution in [0.1, 0.15) is 28.9 Å². The molecule has 1 atom stereocenters. The van der Waals surface area contributed by atoms with Gasteiger partial charge >= 0.3 is 12.1 Å². The maximum atomic E-state index is 12.5. The maximum Gasteiger partial charge on any atom is 0.417 e.